The molecule has 0 radical (unpaired) electrons. The van der Waals surface area contributed by atoms with Gasteiger partial charge >= 0.3 is 0 Å². The van der Waals surface area contributed by atoms with Crippen molar-refractivity contribution >= 4 is 17.4 Å². The van der Waals surface area contributed by atoms with E-state index < -0.39 is 6.04 Å². The van der Waals surface area contributed by atoms with Crippen LogP contribution < -0.4 is 11.1 Å². The summed E-state index contributed by atoms with van der Waals surface area (Å²) in [4.78, 5) is 23.2. The molecule has 1 rings (SSSR count). The van der Waals surface area contributed by atoms with Crippen molar-refractivity contribution in [3.63, 3.8) is 0 Å². The summed E-state index contributed by atoms with van der Waals surface area (Å²) in [6.45, 7) is 7.21. The zero-order valence-electron chi connectivity index (χ0n) is 11.3. The number of amides is 1. The van der Waals surface area contributed by atoms with Gasteiger partial charge in [0.2, 0.25) is 5.91 Å². The van der Waals surface area contributed by atoms with Crippen molar-refractivity contribution in [2.24, 2.45) is 11.1 Å². The molecule has 4 nitrogen and oxygen atoms in total. The van der Waals surface area contributed by atoms with Gasteiger partial charge in [-0.05, 0) is 24.5 Å². The fourth-order valence-corrected chi connectivity index (χ4v) is 1.43. The van der Waals surface area contributed by atoms with Crippen molar-refractivity contribution in [2.45, 2.75) is 33.7 Å². The van der Waals surface area contributed by atoms with Gasteiger partial charge in [-0.1, -0.05) is 32.9 Å². The second-order valence-electron chi connectivity index (χ2n) is 5.47. The van der Waals surface area contributed by atoms with Crippen LogP contribution in [0.4, 0.5) is 5.69 Å². The molecule has 1 aromatic rings. The predicted octanol–water partition coefficient (Wildman–Crippen LogP) is 2.20. The van der Waals surface area contributed by atoms with E-state index in [9.17, 15) is 9.59 Å². The summed E-state index contributed by atoms with van der Waals surface area (Å²) in [6.07, 6.45) is 0. The van der Waals surface area contributed by atoms with Crippen molar-refractivity contribution < 1.29 is 9.59 Å². The molecule has 0 aromatic heterocycles. The third-order valence-corrected chi connectivity index (χ3v) is 2.75. The average Bonchev–Trinajstić information content (AvgIpc) is 2.27. The lowest BCUT2D eigenvalue weighted by atomic mass is 9.87. The Hall–Kier alpha value is -1.68. The van der Waals surface area contributed by atoms with Crippen LogP contribution in [0.25, 0.3) is 0 Å². The molecule has 0 bridgehead atoms. The van der Waals surface area contributed by atoms with Gasteiger partial charge in [-0.3, -0.25) is 9.59 Å². The molecule has 0 spiro atoms. The van der Waals surface area contributed by atoms with Crippen molar-refractivity contribution in [1.82, 2.24) is 0 Å². The van der Waals surface area contributed by atoms with E-state index in [4.69, 9.17) is 5.73 Å². The van der Waals surface area contributed by atoms with Gasteiger partial charge in [-0.2, -0.15) is 0 Å². The van der Waals surface area contributed by atoms with Gasteiger partial charge in [0.25, 0.3) is 0 Å². The molecule has 3 N–H and O–H groups in total. The summed E-state index contributed by atoms with van der Waals surface area (Å²) in [5.41, 5.74) is 6.71. The molecule has 18 heavy (non-hydrogen) atoms. The van der Waals surface area contributed by atoms with Crippen molar-refractivity contribution in [3.05, 3.63) is 29.8 Å². The van der Waals surface area contributed by atoms with E-state index in [2.05, 4.69) is 5.32 Å². The van der Waals surface area contributed by atoms with Crippen LogP contribution in [0.15, 0.2) is 24.3 Å². The lowest BCUT2D eigenvalue weighted by Gasteiger charge is -2.25. The van der Waals surface area contributed by atoms with Crippen LogP contribution >= 0.6 is 0 Å². The van der Waals surface area contributed by atoms with Crippen LogP contribution in [0.1, 0.15) is 38.1 Å². The Morgan fingerprint density at radius 1 is 1.28 bits per heavy atom. The molecule has 4 heteroatoms. The maximum absolute atomic E-state index is 11.9. The smallest absolute Gasteiger partial charge is 0.241 e. The third kappa shape index (κ3) is 3.67. The summed E-state index contributed by atoms with van der Waals surface area (Å²) in [5, 5.41) is 2.73. The molecule has 0 saturated heterocycles. The third-order valence-electron chi connectivity index (χ3n) is 2.75. The molecule has 1 atom stereocenters. The summed E-state index contributed by atoms with van der Waals surface area (Å²) >= 11 is 0. The lowest BCUT2D eigenvalue weighted by molar-refractivity contribution is -0.119. The monoisotopic (exact) mass is 248 g/mol. The molecule has 0 saturated carbocycles. The van der Waals surface area contributed by atoms with Crippen LogP contribution in [-0.4, -0.2) is 17.7 Å². The van der Waals surface area contributed by atoms with E-state index in [0.717, 1.165) is 0 Å². The summed E-state index contributed by atoms with van der Waals surface area (Å²) < 4.78 is 0. The molecule has 0 aliphatic rings. The molecule has 1 aromatic carbocycles. The molecule has 0 heterocycles. The van der Waals surface area contributed by atoms with E-state index in [1.165, 1.54) is 6.92 Å². The highest BCUT2D eigenvalue weighted by molar-refractivity contribution is 5.98. The molecule has 0 fully saturated rings. The van der Waals surface area contributed by atoms with Crippen LogP contribution in [-0.2, 0) is 4.79 Å². The van der Waals surface area contributed by atoms with E-state index in [0.29, 0.717) is 11.3 Å². The molecule has 0 aliphatic carbocycles. The van der Waals surface area contributed by atoms with Gasteiger partial charge in [0.15, 0.2) is 5.78 Å². The standard InChI is InChI=1S/C14H20N2O2/c1-9(17)10-6-5-7-11(8-10)16-13(18)12(15)14(2,3)4/h5-8,12H,15H2,1-4H3,(H,16,18). The SMILES string of the molecule is CC(=O)c1cccc(NC(=O)C(N)C(C)(C)C)c1. The Balaban J connectivity index is 2.82. The maximum Gasteiger partial charge on any atom is 0.241 e. The minimum absolute atomic E-state index is 0.0359. The molecular formula is C14H20N2O2. The first-order valence-corrected chi connectivity index (χ1v) is 5.89. The zero-order chi connectivity index (χ0) is 13.9. The quantitative estimate of drug-likeness (QED) is 0.805. The maximum atomic E-state index is 11.9. The number of Topliss-reactive ketones (excluding diaryl/α,β-unsaturated/α-hetero) is 1. The Bertz CT molecular complexity index is 461. The van der Waals surface area contributed by atoms with Crippen LogP contribution in [0.5, 0.6) is 0 Å². The normalized spacial score (nSPS) is 12.9. The summed E-state index contributed by atoms with van der Waals surface area (Å²) in [5.74, 6) is -0.283. The van der Waals surface area contributed by atoms with Crippen LogP contribution in [0.2, 0.25) is 0 Å². The first-order chi connectivity index (χ1) is 8.21. The van der Waals surface area contributed by atoms with Gasteiger partial charge in [-0.15, -0.1) is 0 Å². The van der Waals surface area contributed by atoms with Crippen LogP contribution in [0.3, 0.4) is 0 Å². The highest BCUT2D eigenvalue weighted by Crippen LogP contribution is 2.19. The number of hydrogen-bond acceptors (Lipinski definition) is 3. The molecule has 98 valence electrons. The number of rotatable bonds is 3. The van der Waals surface area contributed by atoms with E-state index in [1.807, 2.05) is 20.8 Å². The van der Waals surface area contributed by atoms with Gasteiger partial charge in [0.05, 0.1) is 6.04 Å². The Morgan fingerprint density at radius 2 is 1.89 bits per heavy atom. The highest BCUT2D eigenvalue weighted by atomic mass is 16.2. The Morgan fingerprint density at radius 3 is 2.39 bits per heavy atom. The van der Waals surface area contributed by atoms with E-state index in [1.54, 1.807) is 24.3 Å². The number of anilines is 1. The molecule has 0 aliphatic heterocycles. The number of benzene rings is 1. The number of nitrogens with one attached hydrogen (secondary N) is 1. The fourth-order valence-electron chi connectivity index (χ4n) is 1.43. The topological polar surface area (TPSA) is 72.2 Å². The van der Waals surface area contributed by atoms with E-state index in [-0.39, 0.29) is 17.1 Å². The summed E-state index contributed by atoms with van der Waals surface area (Å²) in [6, 6.07) is 6.23. The number of nitrogens with two attached hydrogens (primary N) is 1. The zero-order valence-corrected chi connectivity index (χ0v) is 11.3. The molecule has 1 unspecified atom stereocenters. The second kappa shape index (κ2) is 5.31. The van der Waals surface area contributed by atoms with Crippen molar-refractivity contribution in [1.29, 1.82) is 0 Å². The van der Waals surface area contributed by atoms with Gasteiger partial charge in [0.1, 0.15) is 0 Å². The molecule has 1 amide bonds. The first-order valence-electron chi connectivity index (χ1n) is 5.89. The fraction of sp³-hybridized carbons (Fsp3) is 0.429. The van der Waals surface area contributed by atoms with E-state index >= 15 is 0 Å². The van der Waals surface area contributed by atoms with Gasteiger partial charge in [0, 0.05) is 11.3 Å². The van der Waals surface area contributed by atoms with Gasteiger partial charge < -0.3 is 11.1 Å². The lowest BCUT2D eigenvalue weighted by Crippen LogP contribution is -2.45. The molecular weight excluding hydrogens is 228 g/mol. The number of carbonyl (C=O) groups excluding carboxylic acids is 2. The minimum Gasteiger partial charge on any atom is -0.325 e. The van der Waals surface area contributed by atoms with Crippen molar-refractivity contribution in [3.8, 4) is 0 Å². The largest absolute Gasteiger partial charge is 0.325 e. The number of ketones is 1. The summed E-state index contributed by atoms with van der Waals surface area (Å²) in [7, 11) is 0. The predicted molar refractivity (Wildman–Crippen MR) is 72.5 cm³/mol. The second-order valence-corrected chi connectivity index (χ2v) is 5.47. The average molecular weight is 248 g/mol. The number of carbonyl (C=O) groups is 2. The minimum atomic E-state index is -0.599. The van der Waals surface area contributed by atoms with Gasteiger partial charge in [-0.25, -0.2) is 0 Å². The van der Waals surface area contributed by atoms with Crippen LogP contribution in [0, 0.1) is 5.41 Å². The first kappa shape index (κ1) is 14.4. The Kier molecular flexibility index (Phi) is 4.24. The highest BCUT2D eigenvalue weighted by Gasteiger charge is 2.27. The number of hydrogen-bond donors (Lipinski definition) is 2. The Labute approximate surface area is 108 Å². The van der Waals surface area contributed by atoms with Crippen molar-refractivity contribution in [2.75, 3.05) is 5.32 Å².